The SMILES string of the molecule is CS(=O)(=O)NC1CCCCC1N1CC(C(N)=O)c2ccccc2C1=O. The summed E-state index contributed by atoms with van der Waals surface area (Å²) in [5.74, 6) is -1.22. The van der Waals surface area contributed by atoms with Crippen molar-refractivity contribution in [3.63, 3.8) is 0 Å². The van der Waals surface area contributed by atoms with Gasteiger partial charge in [0.2, 0.25) is 15.9 Å². The molecule has 3 unspecified atom stereocenters. The maximum atomic E-state index is 13.0. The van der Waals surface area contributed by atoms with E-state index in [1.807, 2.05) is 0 Å². The Balaban J connectivity index is 1.95. The van der Waals surface area contributed by atoms with E-state index in [-0.39, 0.29) is 24.5 Å². The number of amides is 2. The van der Waals surface area contributed by atoms with Crippen molar-refractivity contribution >= 4 is 21.8 Å². The molecule has 0 radical (unpaired) electrons. The Morgan fingerprint density at radius 1 is 1.24 bits per heavy atom. The Hall–Kier alpha value is -1.93. The minimum Gasteiger partial charge on any atom is -0.369 e. The number of benzene rings is 1. The number of carbonyl (C=O) groups is 2. The van der Waals surface area contributed by atoms with Crippen LogP contribution < -0.4 is 10.5 Å². The average molecular weight is 365 g/mol. The average Bonchev–Trinajstić information content (AvgIpc) is 2.54. The molecule has 3 atom stereocenters. The van der Waals surface area contributed by atoms with Gasteiger partial charge in [-0.15, -0.1) is 0 Å². The molecule has 3 N–H and O–H groups in total. The fraction of sp³-hybridized carbons (Fsp3) is 0.529. The van der Waals surface area contributed by atoms with E-state index in [0.717, 1.165) is 19.1 Å². The van der Waals surface area contributed by atoms with Gasteiger partial charge in [0.1, 0.15) is 0 Å². The third-order valence-corrected chi connectivity index (χ3v) is 5.78. The van der Waals surface area contributed by atoms with Crippen molar-refractivity contribution in [2.45, 2.75) is 43.7 Å². The van der Waals surface area contributed by atoms with Crippen molar-refractivity contribution in [2.24, 2.45) is 5.73 Å². The molecule has 2 aliphatic rings. The number of carbonyl (C=O) groups excluding carboxylic acids is 2. The zero-order valence-corrected chi connectivity index (χ0v) is 15.0. The molecule has 1 aromatic carbocycles. The summed E-state index contributed by atoms with van der Waals surface area (Å²) in [4.78, 5) is 26.6. The van der Waals surface area contributed by atoms with Crippen LogP contribution in [0.5, 0.6) is 0 Å². The van der Waals surface area contributed by atoms with Gasteiger partial charge in [-0.1, -0.05) is 31.0 Å². The number of nitrogens with zero attached hydrogens (tertiary/aromatic N) is 1. The van der Waals surface area contributed by atoms with E-state index in [0.29, 0.717) is 24.0 Å². The van der Waals surface area contributed by atoms with Gasteiger partial charge < -0.3 is 10.6 Å². The van der Waals surface area contributed by atoms with Gasteiger partial charge >= 0.3 is 0 Å². The molecule has 1 heterocycles. The van der Waals surface area contributed by atoms with Gasteiger partial charge in [0.25, 0.3) is 5.91 Å². The summed E-state index contributed by atoms with van der Waals surface area (Å²) >= 11 is 0. The van der Waals surface area contributed by atoms with Gasteiger partial charge in [-0.2, -0.15) is 0 Å². The fourth-order valence-electron chi connectivity index (χ4n) is 3.95. The van der Waals surface area contributed by atoms with Crippen molar-refractivity contribution in [1.29, 1.82) is 0 Å². The zero-order valence-electron chi connectivity index (χ0n) is 14.1. The van der Waals surface area contributed by atoms with Gasteiger partial charge in [0, 0.05) is 24.2 Å². The molecule has 8 heteroatoms. The third-order valence-electron chi connectivity index (χ3n) is 5.05. The number of fused-ring (bicyclic) bond motifs is 1. The standard InChI is InChI=1S/C17H23N3O4S/c1-25(23,24)19-14-8-4-5-9-15(14)20-10-13(16(18)21)11-6-2-3-7-12(11)17(20)22/h2-3,6-7,13-15,19H,4-5,8-10H2,1H3,(H2,18,21). The van der Waals surface area contributed by atoms with Gasteiger partial charge in [-0.05, 0) is 24.5 Å². The first-order valence-electron chi connectivity index (χ1n) is 8.44. The highest BCUT2D eigenvalue weighted by molar-refractivity contribution is 7.88. The zero-order chi connectivity index (χ0) is 18.2. The molecule has 1 aliphatic heterocycles. The first kappa shape index (κ1) is 17.9. The summed E-state index contributed by atoms with van der Waals surface area (Å²) in [5, 5.41) is 0. The van der Waals surface area contributed by atoms with Crippen LogP contribution >= 0.6 is 0 Å². The number of hydrogen-bond donors (Lipinski definition) is 2. The molecular weight excluding hydrogens is 342 g/mol. The van der Waals surface area contributed by atoms with Crippen LogP contribution in [0, 0.1) is 0 Å². The second-order valence-corrected chi connectivity index (χ2v) is 8.63. The first-order chi connectivity index (χ1) is 11.8. The summed E-state index contributed by atoms with van der Waals surface area (Å²) in [6, 6.07) is 6.38. The monoisotopic (exact) mass is 365 g/mol. The predicted octanol–water partition coefficient (Wildman–Crippen LogP) is 0.572. The second-order valence-electron chi connectivity index (χ2n) is 6.85. The molecule has 7 nitrogen and oxygen atoms in total. The Morgan fingerprint density at radius 2 is 1.92 bits per heavy atom. The predicted molar refractivity (Wildman–Crippen MR) is 93.4 cm³/mol. The molecule has 0 bridgehead atoms. The Morgan fingerprint density at radius 3 is 2.60 bits per heavy atom. The molecule has 0 saturated heterocycles. The highest BCUT2D eigenvalue weighted by Crippen LogP contribution is 2.33. The topological polar surface area (TPSA) is 110 Å². The Kier molecular flexibility index (Phi) is 4.83. The van der Waals surface area contributed by atoms with E-state index in [9.17, 15) is 18.0 Å². The minimum atomic E-state index is -3.38. The number of sulfonamides is 1. The lowest BCUT2D eigenvalue weighted by atomic mass is 9.84. The fourth-order valence-corrected chi connectivity index (χ4v) is 4.78. The van der Waals surface area contributed by atoms with Crippen molar-refractivity contribution in [1.82, 2.24) is 9.62 Å². The van der Waals surface area contributed by atoms with E-state index in [2.05, 4.69) is 4.72 Å². The van der Waals surface area contributed by atoms with E-state index in [1.54, 1.807) is 29.2 Å². The molecule has 0 spiro atoms. The van der Waals surface area contributed by atoms with E-state index >= 15 is 0 Å². The second kappa shape index (κ2) is 6.76. The van der Waals surface area contributed by atoms with E-state index in [1.165, 1.54) is 0 Å². The van der Waals surface area contributed by atoms with Crippen LogP contribution in [0.1, 0.15) is 47.5 Å². The molecule has 3 rings (SSSR count). The molecule has 136 valence electrons. The number of nitrogens with two attached hydrogens (primary N) is 1. The van der Waals surface area contributed by atoms with Crippen molar-refractivity contribution in [3.05, 3.63) is 35.4 Å². The van der Waals surface area contributed by atoms with Crippen LogP contribution in [0.25, 0.3) is 0 Å². The van der Waals surface area contributed by atoms with Crippen LogP contribution in [0.15, 0.2) is 24.3 Å². The molecule has 1 fully saturated rings. The van der Waals surface area contributed by atoms with Crippen molar-refractivity contribution in [3.8, 4) is 0 Å². The molecule has 1 saturated carbocycles. The van der Waals surface area contributed by atoms with Crippen LogP contribution in [-0.4, -0.2) is 50.0 Å². The van der Waals surface area contributed by atoms with E-state index < -0.39 is 21.8 Å². The summed E-state index contributed by atoms with van der Waals surface area (Å²) in [6.07, 6.45) is 4.32. The van der Waals surface area contributed by atoms with E-state index in [4.69, 9.17) is 5.73 Å². The smallest absolute Gasteiger partial charge is 0.254 e. The third kappa shape index (κ3) is 3.69. The highest BCUT2D eigenvalue weighted by Gasteiger charge is 2.41. The highest BCUT2D eigenvalue weighted by atomic mass is 32.2. The number of primary amides is 1. The molecule has 2 amide bonds. The normalized spacial score (nSPS) is 27.0. The van der Waals surface area contributed by atoms with Gasteiger partial charge in [0.15, 0.2) is 0 Å². The van der Waals surface area contributed by atoms with Gasteiger partial charge in [-0.25, -0.2) is 13.1 Å². The lowest BCUT2D eigenvalue weighted by Gasteiger charge is -2.43. The van der Waals surface area contributed by atoms with Crippen LogP contribution in [-0.2, 0) is 14.8 Å². The summed E-state index contributed by atoms with van der Waals surface area (Å²) < 4.78 is 26.0. The number of nitrogens with one attached hydrogen (secondary N) is 1. The van der Waals surface area contributed by atoms with Gasteiger partial charge in [0.05, 0.1) is 12.2 Å². The first-order valence-corrected chi connectivity index (χ1v) is 10.3. The van der Waals surface area contributed by atoms with Crippen LogP contribution in [0.3, 0.4) is 0 Å². The summed E-state index contributed by atoms with van der Waals surface area (Å²) in [5.41, 5.74) is 6.69. The van der Waals surface area contributed by atoms with Crippen LogP contribution in [0.4, 0.5) is 0 Å². The molecule has 0 aromatic heterocycles. The Bertz CT molecular complexity index is 793. The summed E-state index contributed by atoms with van der Waals surface area (Å²) in [7, 11) is -3.38. The largest absolute Gasteiger partial charge is 0.369 e. The molecule has 25 heavy (non-hydrogen) atoms. The van der Waals surface area contributed by atoms with Crippen molar-refractivity contribution < 1.29 is 18.0 Å². The number of hydrogen-bond acceptors (Lipinski definition) is 4. The lowest BCUT2D eigenvalue weighted by molar-refractivity contribution is -0.120. The van der Waals surface area contributed by atoms with Gasteiger partial charge in [-0.3, -0.25) is 9.59 Å². The summed E-state index contributed by atoms with van der Waals surface area (Å²) in [6.45, 7) is 0.192. The van der Waals surface area contributed by atoms with Crippen LogP contribution in [0.2, 0.25) is 0 Å². The minimum absolute atomic E-state index is 0.166. The molecule has 1 aromatic rings. The maximum absolute atomic E-state index is 13.0. The Labute approximate surface area is 147 Å². The van der Waals surface area contributed by atoms with Crippen molar-refractivity contribution in [2.75, 3.05) is 12.8 Å². The maximum Gasteiger partial charge on any atom is 0.254 e. The quantitative estimate of drug-likeness (QED) is 0.813. The number of rotatable bonds is 4. The molecular formula is C17H23N3O4S. The lowest BCUT2D eigenvalue weighted by Crippen LogP contribution is -2.57. The molecule has 1 aliphatic carbocycles.